The number of rotatable bonds is 1. The van der Waals surface area contributed by atoms with E-state index in [0.29, 0.717) is 0 Å². The van der Waals surface area contributed by atoms with Crippen LogP contribution in [0.2, 0.25) is 0 Å². The molecular weight excluding hydrogens is 226 g/mol. The number of nitrogens with zero attached hydrogens (tertiary/aromatic N) is 1. The minimum atomic E-state index is 0.227. The Labute approximate surface area is 109 Å². The molecule has 0 aliphatic rings. The Hall–Kier alpha value is -0.890. The minimum Gasteiger partial charge on any atom is -0.241 e. The Kier molecular flexibility index (Phi) is 4.70. The number of fused-ring (bicyclic) bond motifs is 1. The van der Waals surface area contributed by atoms with Crippen molar-refractivity contribution in [1.82, 2.24) is 4.98 Å². The van der Waals surface area contributed by atoms with Gasteiger partial charge in [-0.15, -0.1) is 11.3 Å². The second kappa shape index (κ2) is 5.63. The number of hydrogen-bond donors (Lipinski definition) is 0. The van der Waals surface area contributed by atoms with Gasteiger partial charge in [0.05, 0.1) is 15.2 Å². The van der Waals surface area contributed by atoms with Crippen molar-refractivity contribution >= 4 is 21.6 Å². The number of benzene rings is 1. The maximum Gasteiger partial charge on any atom is 0.0935 e. The zero-order valence-corrected chi connectivity index (χ0v) is 12.6. The van der Waals surface area contributed by atoms with Crippen molar-refractivity contribution in [1.29, 1.82) is 0 Å². The van der Waals surface area contributed by atoms with Gasteiger partial charge in [0.15, 0.2) is 0 Å². The van der Waals surface area contributed by atoms with E-state index in [1.54, 1.807) is 0 Å². The van der Waals surface area contributed by atoms with Crippen molar-refractivity contribution in [2.24, 2.45) is 0 Å². The third-order valence-electron chi connectivity index (χ3n) is 2.60. The number of aromatic nitrogens is 1. The normalized spacial score (nSPS) is 11.2. The van der Waals surface area contributed by atoms with Crippen LogP contribution in [0.1, 0.15) is 52.1 Å². The highest BCUT2D eigenvalue weighted by Gasteiger charge is 2.14. The van der Waals surface area contributed by atoms with Gasteiger partial charge >= 0.3 is 0 Å². The van der Waals surface area contributed by atoms with Crippen molar-refractivity contribution in [2.75, 3.05) is 0 Å². The molecule has 0 spiro atoms. The molecule has 0 aliphatic heterocycles. The van der Waals surface area contributed by atoms with Crippen LogP contribution in [0.15, 0.2) is 18.2 Å². The van der Waals surface area contributed by atoms with Crippen LogP contribution in [0, 0.1) is 0 Å². The molecule has 2 heteroatoms. The Morgan fingerprint density at radius 2 is 1.82 bits per heavy atom. The van der Waals surface area contributed by atoms with Gasteiger partial charge in [-0.25, -0.2) is 4.98 Å². The summed E-state index contributed by atoms with van der Waals surface area (Å²) in [6.45, 7) is 12.9. The van der Waals surface area contributed by atoms with E-state index in [1.807, 2.05) is 25.2 Å². The highest BCUT2D eigenvalue weighted by Crippen LogP contribution is 2.29. The van der Waals surface area contributed by atoms with E-state index in [0.717, 1.165) is 11.9 Å². The molecule has 1 aromatic carbocycles. The van der Waals surface area contributed by atoms with Gasteiger partial charge in [-0.2, -0.15) is 0 Å². The molecule has 0 saturated heterocycles. The molecule has 1 nitrogen and oxygen atoms in total. The van der Waals surface area contributed by atoms with Crippen LogP contribution in [0.25, 0.3) is 10.2 Å². The van der Waals surface area contributed by atoms with Crippen LogP contribution >= 0.6 is 11.3 Å². The van der Waals surface area contributed by atoms with E-state index in [4.69, 9.17) is 0 Å². The lowest BCUT2D eigenvalue weighted by Crippen LogP contribution is -2.10. The fourth-order valence-electron chi connectivity index (χ4n) is 1.59. The van der Waals surface area contributed by atoms with Crippen LogP contribution in [-0.4, -0.2) is 4.98 Å². The topological polar surface area (TPSA) is 12.9 Å². The van der Waals surface area contributed by atoms with Crippen molar-refractivity contribution in [2.45, 2.75) is 53.4 Å². The lowest BCUT2D eigenvalue weighted by molar-refractivity contribution is 0.591. The molecule has 94 valence electrons. The molecule has 2 aromatic rings. The summed E-state index contributed by atoms with van der Waals surface area (Å²) in [4.78, 5) is 4.57. The van der Waals surface area contributed by atoms with Gasteiger partial charge in [0.1, 0.15) is 0 Å². The molecule has 0 radical (unpaired) electrons. The highest BCUT2D eigenvalue weighted by molar-refractivity contribution is 7.18. The summed E-state index contributed by atoms with van der Waals surface area (Å²) in [6, 6.07) is 6.62. The molecule has 0 N–H and O–H groups in total. The summed E-state index contributed by atoms with van der Waals surface area (Å²) < 4.78 is 1.32. The zero-order chi connectivity index (χ0) is 13.1. The molecule has 17 heavy (non-hydrogen) atoms. The average molecular weight is 249 g/mol. The predicted molar refractivity (Wildman–Crippen MR) is 79.0 cm³/mol. The van der Waals surface area contributed by atoms with E-state index in [1.165, 1.54) is 15.3 Å². The standard InChI is InChI=1S/C13H17NS.C2H6/c1-5-12-14-10-7-6-9(13(2,3)4)8-11(10)15-12;1-2/h6-8H,5H2,1-4H3;1-2H3. The third kappa shape index (κ3) is 3.29. The van der Waals surface area contributed by atoms with Gasteiger partial charge < -0.3 is 0 Å². The summed E-state index contributed by atoms with van der Waals surface area (Å²) in [7, 11) is 0. The van der Waals surface area contributed by atoms with Gasteiger partial charge in [0.25, 0.3) is 0 Å². The number of hydrogen-bond acceptors (Lipinski definition) is 2. The molecule has 1 heterocycles. The first-order valence-electron chi connectivity index (χ1n) is 6.40. The monoisotopic (exact) mass is 249 g/mol. The lowest BCUT2D eigenvalue weighted by atomic mass is 9.87. The smallest absolute Gasteiger partial charge is 0.0935 e. The molecular formula is C15H23NS. The quantitative estimate of drug-likeness (QED) is 0.678. The van der Waals surface area contributed by atoms with E-state index in [2.05, 4.69) is 50.9 Å². The molecule has 2 rings (SSSR count). The summed E-state index contributed by atoms with van der Waals surface area (Å²) in [6.07, 6.45) is 1.03. The molecule has 0 unspecified atom stereocenters. The minimum absolute atomic E-state index is 0.227. The van der Waals surface area contributed by atoms with E-state index in [9.17, 15) is 0 Å². The van der Waals surface area contributed by atoms with Gasteiger partial charge in [-0.05, 0) is 29.5 Å². The van der Waals surface area contributed by atoms with Crippen molar-refractivity contribution in [3.05, 3.63) is 28.8 Å². The second-order valence-corrected chi connectivity index (χ2v) is 6.01. The molecule has 0 amide bonds. The van der Waals surface area contributed by atoms with Gasteiger partial charge in [0.2, 0.25) is 0 Å². The molecule has 1 aromatic heterocycles. The first kappa shape index (κ1) is 14.2. The number of aryl methyl sites for hydroxylation is 1. The van der Waals surface area contributed by atoms with Gasteiger partial charge in [-0.3, -0.25) is 0 Å². The predicted octanol–water partition coefficient (Wildman–Crippen LogP) is 5.18. The molecule has 0 atom stereocenters. The van der Waals surface area contributed by atoms with E-state index in [-0.39, 0.29) is 5.41 Å². The Morgan fingerprint density at radius 1 is 1.18 bits per heavy atom. The lowest BCUT2D eigenvalue weighted by Gasteiger charge is -2.18. The first-order chi connectivity index (χ1) is 8.00. The van der Waals surface area contributed by atoms with Gasteiger partial charge in [-0.1, -0.05) is 47.6 Å². The second-order valence-electron chi connectivity index (χ2n) is 4.89. The fourth-order valence-corrected chi connectivity index (χ4v) is 2.54. The maximum absolute atomic E-state index is 4.57. The van der Waals surface area contributed by atoms with Crippen molar-refractivity contribution in [3.63, 3.8) is 0 Å². The van der Waals surface area contributed by atoms with Crippen LogP contribution in [0.4, 0.5) is 0 Å². The fraction of sp³-hybridized carbons (Fsp3) is 0.533. The zero-order valence-electron chi connectivity index (χ0n) is 11.8. The van der Waals surface area contributed by atoms with E-state index < -0.39 is 0 Å². The Balaban J connectivity index is 0.000000686. The van der Waals surface area contributed by atoms with Crippen LogP contribution in [0.5, 0.6) is 0 Å². The summed E-state index contributed by atoms with van der Waals surface area (Å²) >= 11 is 1.82. The average Bonchev–Trinajstić information content (AvgIpc) is 2.72. The highest BCUT2D eigenvalue weighted by atomic mass is 32.1. The SMILES string of the molecule is CC.CCc1nc2ccc(C(C)(C)C)cc2s1. The van der Waals surface area contributed by atoms with Crippen LogP contribution in [0.3, 0.4) is 0 Å². The van der Waals surface area contributed by atoms with Crippen LogP contribution < -0.4 is 0 Å². The molecule has 0 fully saturated rings. The molecule has 0 aliphatic carbocycles. The number of thiazole rings is 1. The summed E-state index contributed by atoms with van der Waals surface area (Å²) in [5.74, 6) is 0. The van der Waals surface area contributed by atoms with Crippen molar-refractivity contribution in [3.8, 4) is 0 Å². The molecule has 0 saturated carbocycles. The van der Waals surface area contributed by atoms with Gasteiger partial charge in [0, 0.05) is 0 Å². The summed E-state index contributed by atoms with van der Waals surface area (Å²) in [5, 5.41) is 1.23. The largest absolute Gasteiger partial charge is 0.241 e. The Bertz CT molecular complexity index is 477. The first-order valence-corrected chi connectivity index (χ1v) is 7.22. The third-order valence-corrected chi connectivity index (χ3v) is 3.76. The Morgan fingerprint density at radius 3 is 2.35 bits per heavy atom. The van der Waals surface area contributed by atoms with Crippen LogP contribution in [-0.2, 0) is 11.8 Å². The summed E-state index contributed by atoms with van der Waals surface area (Å²) in [5.41, 5.74) is 2.76. The van der Waals surface area contributed by atoms with Crippen molar-refractivity contribution < 1.29 is 0 Å². The maximum atomic E-state index is 4.57. The van der Waals surface area contributed by atoms with E-state index >= 15 is 0 Å². The molecule has 0 bridgehead atoms.